The summed E-state index contributed by atoms with van der Waals surface area (Å²) < 4.78 is 33.6. The fourth-order valence-electron chi connectivity index (χ4n) is 7.99. The van der Waals surface area contributed by atoms with Gasteiger partial charge in [-0.2, -0.15) is 0 Å². The van der Waals surface area contributed by atoms with Crippen LogP contribution in [-0.2, 0) is 32.7 Å². The van der Waals surface area contributed by atoms with Crippen LogP contribution in [-0.4, -0.2) is 98.3 Å². The number of carbonyl (C=O) groups is 2. The molecule has 0 aromatic heterocycles. The fourth-order valence-corrected chi connectivity index (χ4v) is 8.96. The largest absolute Gasteiger partial charge is 0.472 e. The van der Waals surface area contributed by atoms with Crippen molar-refractivity contribution in [2.24, 2.45) is 0 Å². The van der Waals surface area contributed by atoms with Gasteiger partial charge >= 0.3 is 19.8 Å². The van der Waals surface area contributed by atoms with Crippen LogP contribution in [0.4, 0.5) is 0 Å². The first-order valence-electron chi connectivity index (χ1n) is 25.5. The van der Waals surface area contributed by atoms with Crippen molar-refractivity contribution in [3.8, 4) is 0 Å². The van der Waals surface area contributed by atoms with E-state index in [-0.39, 0.29) is 12.8 Å². The number of unbranched alkanes of at least 4 members (excludes halogenated alkanes) is 29. The number of hydrogen-bond donors (Lipinski definition) is 6. The molecule has 1 aliphatic carbocycles. The van der Waals surface area contributed by atoms with E-state index in [0.717, 1.165) is 44.9 Å². The normalized spacial score (nSPS) is 21.7. The molecule has 0 saturated heterocycles. The molecular weight excluding hydrogens is 827 g/mol. The minimum atomic E-state index is -5.12. The first-order chi connectivity index (χ1) is 30.4. The number of carbonyl (C=O) groups excluding carboxylic acids is 2. The molecule has 8 atom stereocenters. The van der Waals surface area contributed by atoms with Gasteiger partial charge in [0.2, 0.25) is 0 Å². The molecule has 0 radical (unpaired) electrons. The predicted octanol–water partition coefficient (Wildman–Crippen LogP) is 10.6. The van der Waals surface area contributed by atoms with Crippen LogP contribution in [0, 0.1) is 0 Å². The Morgan fingerprint density at radius 2 is 0.810 bits per heavy atom. The van der Waals surface area contributed by atoms with Crippen molar-refractivity contribution in [1.82, 2.24) is 0 Å². The lowest BCUT2D eigenvalue weighted by atomic mass is 9.85. The topological polar surface area (TPSA) is 210 Å². The lowest BCUT2D eigenvalue weighted by Crippen LogP contribution is -2.64. The maximum absolute atomic E-state index is 12.8. The number of aliphatic hydroxyl groups is 5. The van der Waals surface area contributed by atoms with Gasteiger partial charge in [-0.1, -0.05) is 193 Å². The Morgan fingerprint density at radius 1 is 0.476 bits per heavy atom. The van der Waals surface area contributed by atoms with Crippen LogP contribution in [0.15, 0.2) is 12.2 Å². The van der Waals surface area contributed by atoms with Crippen LogP contribution >= 0.6 is 7.82 Å². The molecule has 13 nitrogen and oxygen atoms in total. The predicted molar refractivity (Wildman–Crippen MR) is 249 cm³/mol. The quantitative estimate of drug-likeness (QED) is 0.0146. The van der Waals surface area contributed by atoms with E-state index in [1.54, 1.807) is 0 Å². The summed E-state index contributed by atoms with van der Waals surface area (Å²) in [5.41, 5.74) is 0. The number of rotatable bonds is 43. The van der Waals surface area contributed by atoms with Crippen LogP contribution in [0.2, 0.25) is 0 Å². The molecule has 0 spiro atoms. The molecule has 0 aromatic carbocycles. The van der Waals surface area contributed by atoms with E-state index >= 15 is 0 Å². The number of ether oxygens (including phenoxy) is 2. The molecule has 1 rings (SSSR count). The highest BCUT2D eigenvalue weighted by Gasteiger charge is 2.51. The van der Waals surface area contributed by atoms with Crippen LogP contribution in [0.1, 0.15) is 232 Å². The summed E-state index contributed by atoms with van der Waals surface area (Å²) in [4.78, 5) is 35.8. The van der Waals surface area contributed by atoms with Crippen LogP contribution in [0.3, 0.4) is 0 Å². The Bertz CT molecular complexity index is 1160. The maximum Gasteiger partial charge on any atom is 0.472 e. The number of esters is 2. The standard InChI is InChI=1S/C49H93O13P/c1-3-5-7-9-11-13-15-17-19-20-21-22-24-26-28-30-32-34-36-38-43(51)61-41(40-60-63(57,58)62-49-47(55)45(53)44(52)46(54)48(49)56)39-59-42(50)37-35-33-31-29-27-25-23-18-16-14-12-10-8-6-4-2/h25,27,41,44-49,52-56H,3-24,26,28-40H2,1-2H3,(H,57,58)/b27-25+/t41-,44?,45-,46?,47?,48?,49?/m1/s1. The lowest BCUT2D eigenvalue weighted by molar-refractivity contribution is -0.220. The molecule has 372 valence electrons. The molecular formula is C49H93O13P. The molecule has 0 aromatic rings. The van der Waals surface area contributed by atoms with E-state index in [9.17, 15) is 44.6 Å². The molecule has 63 heavy (non-hydrogen) atoms. The van der Waals surface area contributed by atoms with Gasteiger partial charge in [0.25, 0.3) is 0 Å². The summed E-state index contributed by atoms with van der Waals surface area (Å²) in [6.45, 7) is 3.32. The second-order valence-electron chi connectivity index (χ2n) is 18.0. The van der Waals surface area contributed by atoms with Gasteiger partial charge in [-0.05, 0) is 38.5 Å². The summed E-state index contributed by atoms with van der Waals surface area (Å²) in [6, 6.07) is 0. The first-order valence-corrected chi connectivity index (χ1v) is 27.0. The zero-order chi connectivity index (χ0) is 46.4. The average Bonchev–Trinajstić information content (AvgIpc) is 3.26. The van der Waals surface area contributed by atoms with Gasteiger partial charge in [0, 0.05) is 12.8 Å². The molecule has 0 amide bonds. The smallest absolute Gasteiger partial charge is 0.462 e. The lowest BCUT2D eigenvalue weighted by Gasteiger charge is -2.41. The van der Waals surface area contributed by atoms with E-state index in [0.29, 0.717) is 12.8 Å². The van der Waals surface area contributed by atoms with E-state index < -0.39 is 75.7 Å². The Labute approximate surface area is 382 Å². The summed E-state index contributed by atoms with van der Waals surface area (Å²) in [6.07, 6.45) is 29.8. The molecule has 6 unspecified atom stereocenters. The molecule has 0 bridgehead atoms. The highest BCUT2D eigenvalue weighted by molar-refractivity contribution is 7.47. The van der Waals surface area contributed by atoms with Gasteiger partial charge in [0.05, 0.1) is 6.61 Å². The third-order valence-electron chi connectivity index (χ3n) is 12.1. The third-order valence-corrected chi connectivity index (χ3v) is 13.1. The highest BCUT2D eigenvalue weighted by Crippen LogP contribution is 2.47. The number of hydrogen-bond acceptors (Lipinski definition) is 12. The maximum atomic E-state index is 12.8. The van der Waals surface area contributed by atoms with Gasteiger partial charge in [-0.15, -0.1) is 0 Å². The van der Waals surface area contributed by atoms with Gasteiger partial charge < -0.3 is 39.9 Å². The molecule has 0 heterocycles. The average molecular weight is 921 g/mol. The summed E-state index contributed by atoms with van der Waals surface area (Å²) in [7, 11) is -5.12. The first kappa shape index (κ1) is 59.6. The molecule has 0 aliphatic heterocycles. The molecule has 1 aliphatic rings. The van der Waals surface area contributed by atoms with Crippen molar-refractivity contribution in [2.75, 3.05) is 13.2 Å². The van der Waals surface area contributed by atoms with Crippen LogP contribution in [0.25, 0.3) is 0 Å². The fraction of sp³-hybridized carbons (Fsp3) is 0.918. The minimum absolute atomic E-state index is 0.0999. The molecule has 1 fully saturated rings. The Kier molecular flexibility index (Phi) is 37.6. The van der Waals surface area contributed by atoms with Gasteiger partial charge in [0.1, 0.15) is 43.2 Å². The van der Waals surface area contributed by atoms with Gasteiger partial charge in [0.15, 0.2) is 6.10 Å². The SMILES string of the molecule is CCCCCCCCCC/C=C/CCCCCC(=O)OC[C@H](COP(=O)(O)OC1C(O)C(O)C(O)[C@@H](O)C1O)OC(=O)CCCCCCCCCCCCCCCCCCCCC. The van der Waals surface area contributed by atoms with E-state index in [1.165, 1.54) is 148 Å². The second-order valence-corrected chi connectivity index (χ2v) is 19.4. The minimum Gasteiger partial charge on any atom is -0.462 e. The van der Waals surface area contributed by atoms with E-state index in [1.807, 2.05) is 0 Å². The zero-order valence-corrected chi connectivity index (χ0v) is 40.5. The number of aliphatic hydroxyl groups excluding tert-OH is 5. The Morgan fingerprint density at radius 3 is 1.22 bits per heavy atom. The Balaban J connectivity index is 2.40. The molecule has 14 heteroatoms. The van der Waals surface area contributed by atoms with Crippen LogP contribution in [0.5, 0.6) is 0 Å². The van der Waals surface area contributed by atoms with Crippen LogP contribution < -0.4 is 0 Å². The third kappa shape index (κ3) is 32.0. The summed E-state index contributed by atoms with van der Waals surface area (Å²) in [5, 5.41) is 50.2. The van der Waals surface area contributed by atoms with Gasteiger partial charge in [-0.25, -0.2) is 4.57 Å². The van der Waals surface area contributed by atoms with Crippen molar-refractivity contribution in [1.29, 1.82) is 0 Å². The highest BCUT2D eigenvalue weighted by atomic mass is 31.2. The monoisotopic (exact) mass is 921 g/mol. The number of allylic oxidation sites excluding steroid dienone is 2. The summed E-state index contributed by atoms with van der Waals surface area (Å²) >= 11 is 0. The van der Waals surface area contributed by atoms with Gasteiger partial charge in [-0.3, -0.25) is 18.6 Å². The summed E-state index contributed by atoms with van der Waals surface area (Å²) in [5.74, 6) is -1.10. The van der Waals surface area contributed by atoms with Crippen molar-refractivity contribution in [3.05, 3.63) is 12.2 Å². The van der Waals surface area contributed by atoms with E-state index in [2.05, 4.69) is 26.0 Å². The van der Waals surface area contributed by atoms with E-state index in [4.69, 9.17) is 18.5 Å². The molecule has 1 saturated carbocycles. The zero-order valence-electron chi connectivity index (χ0n) is 39.6. The van der Waals surface area contributed by atoms with Crippen molar-refractivity contribution in [2.45, 2.75) is 275 Å². The number of phosphoric ester groups is 1. The Hall–Kier alpha value is -1.41. The second kappa shape index (κ2) is 39.7. The van der Waals surface area contributed by atoms with Crippen molar-refractivity contribution >= 4 is 19.8 Å². The van der Waals surface area contributed by atoms with Crippen molar-refractivity contribution in [3.63, 3.8) is 0 Å². The molecule has 6 N–H and O–H groups in total. The van der Waals surface area contributed by atoms with Crippen molar-refractivity contribution < 1.29 is 63.1 Å². The number of phosphoric acid groups is 1.